The number of amides is 1. The largest absolute Gasteiger partial charge is 0.363 e. The van der Waals surface area contributed by atoms with Crippen LogP contribution in [0.5, 0.6) is 0 Å². The zero-order chi connectivity index (χ0) is 20.9. The maximum atomic E-state index is 13.1. The van der Waals surface area contributed by atoms with Crippen LogP contribution in [0.25, 0.3) is 11.3 Å². The standard InChI is InChI=1S/C22H24FN5O2/c1-28-8-6-15(7-9-28)10-18-11-25-19(12-24-18)13-26-22(29)20-14-30-27-21(20)16-2-4-17(23)5-3-16/h2-5,11-12,14-15H,6-10,13H2,1H3,(H,26,29). The first-order valence-corrected chi connectivity index (χ1v) is 10.1. The molecule has 3 aromatic rings. The van der Waals surface area contributed by atoms with Gasteiger partial charge in [-0.15, -0.1) is 0 Å². The Bertz CT molecular complexity index is 980. The summed E-state index contributed by atoms with van der Waals surface area (Å²) in [6.45, 7) is 2.50. The molecule has 8 heteroatoms. The van der Waals surface area contributed by atoms with Crippen molar-refractivity contribution >= 4 is 5.91 Å². The second-order valence-electron chi connectivity index (χ2n) is 7.72. The quantitative estimate of drug-likeness (QED) is 0.674. The number of hydrogen-bond donors (Lipinski definition) is 1. The summed E-state index contributed by atoms with van der Waals surface area (Å²) < 4.78 is 18.1. The minimum absolute atomic E-state index is 0.244. The Morgan fingerprint density at radius 2 is 1.87 bits per heavy atom. The fourth-order valence-corrected chi connectivity index (χ4v) is 3.62. The van der Waals surface area contributed by atoms with Gasteiger partial charge in [-0.25, -0.2) is 4.39 Å². The number of halogens is 1. The Labute approximate surface area is 174 Å². The number of carbonyl (C=O) groups excluding carboxylic acids is 1. The maximum absolute atomic E-state index is 13.1. The number of carbonyl (C=O) groups is 1. The molecular weight excluding hydrogens is 385 g/mol. The van der Waals surface area contributed by atoms with E-state index in [0.717, 1.165) is 25.2 Å². The number of nitrogens with zero attached hydrogens (tertiary/aromatic N) is 4. The summed E-state index contributed by atoms with van der Waals surface area (Å²) in [5, 5.41) is 6.68. The van der Waals surface area contributed by atoms with Crippen LogP contribution in [0.3, 0.4) is 0 Å². The smallest absolute Gasteiger partial charge is 0.257 e. The number of likely N-dealkylation sites (tertiary alicyclic amines) is 1. The molecule has 30 heavy (non-hydrogen) atoms. The van der Waals surface area contributed by atoms with Crippen molar-refractivity contribution in [2.75, 3.05) is 20.1 Å². The van der Waals surface area contributed by atoms with Crippen LogP contribution >= 0.6 is 0 Å². The van der Waals surface area contributed by atoms with Gasteiger partial charge in [-0.3, -0.25) is 14.8 Å². The van der Waals surface area contributed by atoms with Gasteiger partial charge in [-0.05, 0) is 69.6 Å². The van der Waals surface area contributed by atoms with Gasteiger partial charge in [0.05, 0.1) is 24.1 Å². The lowest BCUT2D eigenvalue weighted by Crippen LogP contribution is -2.31. The van der Waals surface area contributed by atoms with Crippen LogP contribution in [-0.2, 0) is 13.0 Å². The summed E-state index contributed by atoms with van der Waals surface area (Å²) in [7, 11) is 2.15. The van der Waals surface area contributed by atoms with Crippen LogP contribution in [0.15, 0.2) is 47.4 Å². The molecule has 0 atom stereocenters. The molecule has 1 aliphatic rings. The normalized spacial score (nSPS) is 15.3. The predicted molar refractivity (Wildman–Crippen MR) is 109 cm³/mol. The second-order valence-corrected chi connectivity index (χ2v) is 7.72. The van der Waals surface area contributed by atoms with Crippen molar-refractivity contribution in [1.29, 1.82) is 0 Å². The molecule has 0 spiro atoms. The molecule has 1 amide bonds. The maximum Gasteiger partial charge on any atom is 0.257 e. The van der Waals surface area contributed by atoms with Crippen molar-refractivity contribution in [1.82, 2.24) is 25.3 Å². The molecule has 0 radical (unpaired) electrons. The Morgan fingerprint density at radius 1 is 1.17 bits per heavy atom. The van der Waals surface area contributed by atoms with Gasteiger partial charge in [0.25, 0.3) is 5.91 Å². The van der Waals surface area contributed by atoms with Gasteiger partial charge in [0.2, 0.25) is 0 Å². The first-order valence-electron chi connectivity index (χ1n) is 10.1. The molecule has 3 heterocycles. The fraction of sp³-hybridized carbons (Fsp3) is 0.364. The van der Waals surface area contributed by atoms with E-state index in [9.17, 15) is 9.18 Å². The molecule has 7 nitrogen and oxygen atoms in total. The lowest BCUT2D eigenvalue weighted by atomic mass is 9.92. The Balaban J connectivity index is 1.33. The lowest BCUT2D eigenvalue weighted by Gasteiger charge is -2.28. The molecule has 0 unspecified atom stereocenters. The molecule has 0 bridgehead atoms. The van der Waals surface area contributed by atoms with Gasteiger partial charge in [-0.1, -0.05) is 5.16 Å². The van der Waals surface area contributed by atoms with E-state index in [1.54, 1.807) is 24.5 Å². The van der Waals surface area contributed by atoms with Gasteiger partial charge in [-0.2, -0.15) is 0 Å². The molecule has 1 saturated heterocycles. The highest BCUT2D eigenvalue weighted by Gasteiger charge is 2.19. The zero-order valence-electron chi connectivity index (χ0n) is 16.8. The number of benzene rings is 1. The highest BCUT2D eigenvalue weighted by molar-refractivity contribution is 5.99. The summed E-state index contributed by atoms with van der Waals surface area (Å²) >= 11 is 0. The SMILES string of the molecule is CN1CCC(Cc2cnc(CNC(=O)c3conc3-c3ccc(F)cc3)cn2)CC1. The van der Waals surface area contributed by atoms with Crippen LogP contribution in [0.4, 0.5) is 4.39 Å². The van der Waals surface area contributed by atoms with Crippen LogP contribution in [0, 0.1) is 11.7 Å². The van der Waals surface area contributed by atoms with Crippen molar-refractivity contribution in [3.8, 4) is 11.3 Å². The van der Waals surface area contributed by atoms with E-state index in [4.69, 9.17) is 4.52 Å². The predicted octanol–water partition coefficient (Wildman–Crippen LogP) is 3.09. The Morgan fingerprint density at radius 3 is 2.57 bits per heavy atom. The second kappa shape index (κ2) is 9.13. The van der Waals surface area contributed by atoms with E-state index in [1.807, 2.05) is 0 Å². The van der Waals surface area contributed by atoms with E-state index in [1.165, 1.54) is 31.2 Å². The molecule has 0 aliphatic carbocycles. The third-order valence-corrected chi connectivity index (χ3v) is 5.46. The number of aromatic nitrogens is 3. The van der Waals surface area contributed by atoms with Crippen molar-refractivity contribution in [3.05, 3.63) is 65.7 Å². The summed E-state index contributed by atoms with van der Waals surface area (Å²) in [6.07, 6.45) is 8.10. The molecule has 2 aromatic heterocycles. The minimum Gasteiger partial charge on any atom is -0.363 e. The average molecular weight is 409 g/mol. The molecule has 1 aliphatic heterocycles. The molecule has 156 valence electrons. The van der Waals surface area contributed by atoms with Gasteiger partial charge in [0, 0.05) is 11.8 Å². The summed E-state index contributed by atoms with van der Waals surface area (Å²) in [6, 6.07) is 5.74. The first kappa shape index (κ1) is 20.2. The lowest BCUT2D eigenvalue weighted by molar-refractivity contribution is 0.0950. The van der Waals surface area contributed by atoms with Gasteiger partial charge < -0.3 is 14.7 Å². The number of hydrogen-bond acceptors (Lipinski definition) is 6. The van der Waals surface area contributed by atoms with E-state index in [-0.39, 0.29) is 23.8 Å². The topological polar surface area (TPSA) is 84.2 Å². The number of nitrogens with one attached hydrogen (secondary N) is 1. The fourth-order valence-electron chi connectivity index (χ4n) is 3.62. The van der Waals surface area contributed by atoms with Crippen molar-refractivity contribution in [2.45, 2.75) is 25.8 Å². The molecule has 1 fully saturated rings. The van der Waals surface area contributed by atoms with Crippen LogP contribution < -0.4 is 5.32 Å². The molecule has 1 aromatic carbocycles. The monoisotopic (exact) mass is 409 g/mol. The van der Waals surface area contributed by atoms with Gasteiger partial charge in [0.15, 0.2) is 0 Å². The third-order valence-electron chi connectivity index (χ3n) is 5.46. The Kier molecular flexibility index (Phi) is 6.13. The molecular formula is C22H24FN5O2. The summed E-state index contributed by atoms with van der Waals surface area (Å²) in [4.78, 5) is 23.9. The third kappa shape index (κ3) is 4.88. The van der Waals surface area contributed by atoms with Crippen molar-refractivity contribution in [2.24, 2.45) is 5.92 Å². The van der Waals surface area contributed by atoms with Crippen molar-refractivity contribution < 1.29 is 13.7 Å². The minimum atomic E-state index is -0.355. The molecule has 4 rings (SSSR count). The number of rotatable bonds is 6. The highest BCUT2D eigenvalue weighted by Crippen LogP contribution is 2.22. The number of piperidine rings is 1. The van der Waals surface area contributed by atoms with E-state index >= 15 is 0 Å². The van der Waals surface area contributed by atoms with E-state index < -0.39 is 0 Å². The molecule has 0 saturated carbocycles. The van der Waals surface area contributed by atoms with Crippen LogP contribution in [-0.4, -0.2) is 46.1 Å². The first-order chi connectivity index (χ1) is 14.6. The van der Waals surface area contributed by atoms with Gasteiger partial charge in [0.1, 0.15) is 23.3 Å². The molecule has 1 N–H and O–H groups in total. The van der Waals surface area contributed by atoms with E-state index in [0.29, 0.717) is 22.9 Å². The average Bonchev–Trinajstić information content (AvgIpc) is 3.25. The van der Waals surface area contributed by atoms with Gasteiger partial charge >= 0.3 is 0 Å². The Hall–Kier alpha value is -3.13. The van der Waals surface area contributed by atoms with Crippen molar-refractivity contribution in [3.63, 3.8) is 0 Å². The van der Waals surface area contributed by atoms with Crippen LogP contribution in [0.2, 0.25) is 0 Å². The van der Waals surface area contributed by atoms with Crippen LogP contribution in [0.1, 0.15) is 34.6 Å². The summed E-state index contributed by atoms with van der Waals surface area (Å²) in [5.41, 5.74) is 2.92. The van der Waals surface area contributed by atoms with E-state index in [2.05, 4.69) is 32.4 Å². The highest BCUT2D eigenvalue weighted by atomic mass is 19.1. The zero-order valence-corrected chi connectivity index (χ0v) is 16.8. The summed E-state index contributed by atoms with van der Waals surface area (Å²) in [5.74, 6) is -0.0432.